The van der Waals surface area contributed by atoms with E-state index in [0.29, 0.717) is 12.0 Å². The van der Waals surface area contributed by atoms with Crippen LogP contribution in [0.4, 0.5) is 0 Å². The Bertz CT molecular complexity index is 333. The van der Waals surface area contributed by atoms with Crippen LogP contribution < -0.4 is 5.32 Å². The maximum atomic E-state index is 6.18. The maximum absolute atomic E-state index is 6.18. The predicted octanol–water partition coefficient (Wildman–Crippen LogP) is 3.18. The van der Waals surface area contributed by atoms with Crippen molar-refractivity contribution in [1.29, 1.82) is 0 Å². The molecule has 1 heterocycles. The first kappa shape index (κ1) is 10.0. The summed E-state index contributed by atoms with van der Waals surface area (Å²) >= 11 is 6.18. The van der Waals surface area contributed by atoms with Gasteiger partial charge in [0.25, 0.3) is 0 Å². The molecule has 1 atom stereocenters. The highest BCUT2D eigenvalue weighted by atomic mass is 35.5. The van der Waals surface area contributed by atoms with Crippen molar-refractivity contribution in [3.8, 4) is 0 Å². The molecule has 0 radical (unpaired) electrons. The minimum absolute atomic E-state index is 0.470. The second-order valence-electron chi connectivity index (χ2n) is 4.23. The Hall–Kier alpha value is -0.530. The summed E-state index contributed by atoms with van der Waals surface area (Å²) in [6.45, 7) is 5.53. The van der Waals surface area contributed by atoms with Gasteiger partial charge in [-0.3, -0.25) is 0 Å². The first-order chi connectivity index (χ1) is 6.70. The monoisotopic (exact) mass is 209 g/mol. The summed E-state index contributed by atoms with van der Waals surface area (Å²) in [7, 11) is 0. The fraction of sp³-hybridized carbons (Fsp3) is 0.500. The average molecular weight is 210 g/mol. The van der Waals surface area contributed by atoms with Crippen molar-refractivity contribution in [3.63, 3.8) is 0 Å². The zero-order valence-electron chi connectivity index (χ0n) is 8.68. The van der Waals surface area contributed by atoms with Crippen LogP contribution in [0.5, 0.6) is 0 Å². The minimum atomic E-state index is 0.470. The molecule has 1 aromatic rings. The lowest BCUT2D eigenvalue weighted by molar-refractivity contribution is 0.395. The van der Waals surface area contributed by atoms with Gasteiger partial charge in [0, 0.05) is 11.1 Å². The molecule has 14 heavy (non-hydrogen) atoms. The van der Waals surface area contributed by atoms with Gasteiger partial charge in [0.2, 0.25) is 0 Å². The summed E-state index contributed by atoms with van der Waals surface area (Å²) in [5.74, 6) is 0.618. The Morgan fingerprint density at radius 1 is 1.43 bits per heavy atom. The Morgan fingerprint density at radius 2 is 2.21 bits per heavy atom. The van der Waals surface area contributed by atoms with E-state index in [1.807, 2.05) is 12.1 Å². The van der Waals surface area contributed by atoms with Gasteiger partial charge in [-0.2, -0.15) is 0 Å². The van der Waals surface area contributed by atoms with Crippen LogP contribution in [-0.4, -0.2) is 6.54 Å². The van der Waals surface area contributed by atoms with E-state index in [0.717, 1.165) is 18.0 Å². The molecule has 0 saturated carbocycles. The highest BCUT2D eigenvalue weighted by Gasteiger charge is 2.23. The number of rotatable bonds is 1. The third-order valence-electron chi connectivity index (χ3n) is 2.90. The zero-order valence-corrected chi connectivity index (χ0v) is 9.43. The Labute approximate surface area is 90.5 Å². The highest BCUT2D eigenvalue weighted by Crippen LogP contribution is 2.32. The first-order valence-electron chi connectivity index (χ1n) is 5.21. The van der Waals surface area contributed by atoms with Crippen LogP contribution in [0.15, 0.2) is 18.2 Å². The number of hydrogen-bond donors (Lipinski definition) is 1. The Balaban J connectivity index is 2.44. The molecule has 76 valence electrons. The van der Waals surface area contributed by atoms with Gasteiger partial charge in [-0.1, -0.05) is 37.6 Å². The van der Waals surface area contributed by atoms with E-state index in [4.69, 9.17) is 11.6 Å². The van der Waals surface area contributed by atoms with Gasteiger partial charge in [-0.05, 0) is 36.1 Å². The van der Waals surface area contributed by atoms with Gasteiger partial charge in [-0.25, -0.2) is 0 Å². The van der Waals surface area contributed by atoms with Crippen molar-refractivity contribution in [1.82, 2.24) is 5.32 Å². The molecular weight excluding hydrogens is 194 g/mol. The van der Waals surface area contributed by atoms with Crippen molar-refractivity contribution in [2.24, 2.45) is 5.92 Å². The van der Waals surface area contributed by atoms with Crippen LogP contribution in [0.1, 0.15) is 31.0 Å². The fourth-order valence-corrected chi connectivity index (χ4v) is 2.46. The Morgan fingerprint density at radius 3 is 2.93 bits per heavy atom. The number of fused-ring (bicyclic) bond motifs is 1. The van der Waals surface area contributed by atoms with Crippen molar-refractivity contribution in [2.45, 2.75) is 26.3 Å². The molecule has 1 aliphatic heterocycles. The second-order valence-corrected chi connectivity index (χ2v) is 4.64. The lowest BCUT2D eigenvalue weighted by atomic mass is 9.88. The molecular formula is C12H16ClN. The number of benzene rings is 1. The number of halogens is 1. The topological polar surface area (TPSA) is 12.0 Å². The summed E-state index contributed by atoms with van der Waals surface area (Å²) in [5.41, 5.74) is 2.73. The maximum Gasteiger partial charge on any atom is 0.0441 e. The summed E-state index contributed by atoms with van der Waals surface area (Å²) in [5, 5.41) is 4.47. The molecule has 1 aromatic carbocycles. The molecule has 0 bridgehead atoms. The molecule has 1 N–H and O–H groups in total. The first-order valence-corrected chi connectivity index (χ1v) is 5.58. The minimum Gasteiger partial charge on any atom is -0.309 e. The van der Waals surface area contributed by atoms with E-state index in [9.17, 15) is 0 Å². The highest BCUT2D eigenvalue weighted by molar-refractivity contribution is 6.31. The molecule has 0 saturated heterocycles. The van der Waals surface area contributed by atoms with Crippen LogP contribution in [0.3, 0.4) is 0 Å². The van der Waals surface area contributed by atoms with Crippen LogP contribution in [0.25, 0.3) is 0 Å². The largest absolute Gasteiger partial charge is 0.309 e. The lowest BCUT2D eigenvalue weighted by Gasteiger charge is -2.30. The molecule has 0 amide bonds. The van der Waals surface area contributed by atoms with Crippen LogP contribution in [0, 0.1) is 5.92 Å². The van der Waals surface area contributed by atoms with Gasteiger partial charge in [-0.15, -0.1) is 0 Å². The van der Waals surface area contributed by atoms with Crippen LogP contribution in [0.2, 0.25) is 5.02 Å². The van der Waals surface area contributed by atoms with E-state index in [1.54, 1.807) is 0 Å². The van der Waals surface area contributed by atoms with Crippen molar-refractivity contribution >= 4 is 11.6 Å². The molecule has 1 unspecified atom stereocenters. The summed E-state index contributed by atoms with van der Waals surface area (Å²) in [6, 6.07) is 6.70. The van der Waals surface area contributed by atoms with E-state index in [1.165, 1.54) is 11.1 Å². The molecule has 2 rings (SSSR count). The van der Waals surface area contributed by atoms with Gasteiger partial charge in [0.1, 0.15) is 0 Å². The summed E-state index contributed by atoms with van der Waals surface area (Å²) in [4.78, 5) is 0. The lowest BCUT2D eigenvalue weighted by Crippen LogP contribution is -2.33. The van der Waals surface area contributed by atoms with Gasteiger partial charge in [0.15, 0.2) is 0 Å². The number of nitrogens with one attached hydrogen (secondary N) is 1. The van der Waals surface area contributed by atoms with Gasteiger partial charge in [0.05, 0.1) is 0 Å². The standard InChI is InChI=1S/C12H16ClN/c1-8(2)12-10-4-3-5-11(13)9(10)6-7-14-12/h3-5,8,12,14H,6-7H2,1-2H3. The van der Waals surface area contributed by atoms with Crippen molar-refractivity contribution in [2.75, 3.05) is 6.54 Å². The van der Waals surface area contributed by atoms with E-state index < -0.39 is 0 Å². The molecule has 0 aliphatic carbocycles. The van der Waals surface area contributed by atoms with Crippen molar-refractivity contribution in [3.05, 3.63) is 34.3 Å². The third kappa shape index (κ3) is 1.67. The van der Waals surface area contributed by atoms with E-state index in [2.05, 4.69) is 25.2 Å². The van der Waals surface area contributed by atoms with E-state index in [-0.39, 0.29) is 0 Å². The molecule has 0 spiro atoms. The van der Waals surface area contributed by atoms with E-state index >= 15 is 0 Å². The number of hydrogen-bond acceptors (Lipinski definition) is 1. The molecule has 1 aliphatic rings. The summed E-state index contributed by atoms with van der Waals surface area (Å²) in [6.07, 6.45) is 1.05. The average Bonchev–Trinajstić information content (AvgIpc) is 2.17. The molecule has 0 aromatic heterocycles. The van der Waals surface area contributed by atoms with Crippen LogP contribution >= 0.6 is 11.6 Å². The Kier molecular flexibility index (Phi) is 2.80. The second kappa shape index (κ2) is 3.92. The van der Waals surface area contributed by atoms with Crippen molar-refractivity contribution < 1.29 is 0 Å². The van der Waals surface area contributed by atoms with Gasteiger partial charge < -0.3 is 5.32 Å². The SMILES string of the molecule is CC(C)C1NCCc2c(Cl)cccc21. The fourth-order valence-electron chi connectivity index (χ4n) is 2.19. The quantitative estimate of drug-likeness (QED) is 0.749. The van der Waals surface area contributed by atoms with Gasteiger partial charge >= 0.3 is 0 Å². The zero-order chi connectivity index (χ0) is 10.1. The smallest absolute Gasteiger partial charge is 0.0441 e. The van der Waals surface area contributed by atoms with Crippen LogP contribution in [-0.2, 0) is 6.42 Å². The summed E-state index contributed by atoms with van der Waals surface area (Å²) < 4.78 is 0. The molecule has 0 fully saturated rings. The predicted molar refractivity (Wildman–Crippen MR) is 60.7 cm³/mol. The molecule has 1 nitrogen and oxygen atoms in total. The molecule has 2 heteroatoms. The third-order valence-corrected chi connectivity index (χ3v) is 3.25. The normalized spacial score (nSPS) is 21.0.